The van der Waals surface area contributed by atoms with E-state index in [0.29, 0.717) is 24.2 Å². The standard InChI is InChI=1S/C19H21N3O3/c1-14-4-3-5-17(12-14)20-8-10-21(11-9-20)19(23)16-7-6-15(2)18(13-16)22(24)25/h3-7,12-13H,8-11H2,1-2H3. The highest BCUT2D eigenvalue weighted by molar-refractivity contribution is 5.95. The smallest absolute Gasteiger partial charge is 0.273 e. The summed E-state index contributed by atoms with van der Waals surface area (Å²) in [5.41, 5.74) is 3.30. The predicted octanol–water partition coefficient (Wildman–Crippen LogP) is 3.17. The van der Waals surface area contributed by atoms with Crippen LogP contribution in [0, 0.1) is 24.0 Å². The first-order valence-corrected chi connectivity index (χ1v) is 8.31. The van der Waals surface area contributed by atoms with E-state index in [1.807, 2.05) is 6.07 Å². The molecule has 0 atom stereocenters. The Morgan fingerprint density at radius 1 is 1.04 bits per heavy atom. The van der Waals surface area contributed by atoms with Crippen molar-refractivity contribution in [1.29, 1.82) is 0 Å². The van der Waals surface area contributed by atoms with E-state index < -0.39 is 4.92 Å². The third-order valence-corrected chi connectivity index (χ3v) is 4.59. The Labute approximate surface area is 146 Å². The average Bonchev–Trinajstić information content (AvgIpc) is 2.61. The zero-order valence-corrected chi connectivity index (χ0v) is 14.4. The molecule has 0 radical (unpaired) electrons. The maximum Gasteiger partial charge on any atom is 0.273 e. The Hall–Kier alpha value is -2.89. The van der Waals surface area contributed by atoms with Gasteiger partial charge in [-0.25, -0.2) is 0 Å². The molecule has 3 rings (SSSR count). The highest BCUT2D eigenvalue weighted by Crippen LogP contribution is 2.22. The second-order valence-electron chi connectivity index (χ2n) is 6.38. The molecule has 1 aliphatic heterocycles. The van der Waals surface area contributed by atoms with Gasteiger partial charge in [-0.2, -0.15) is 0 Å². The van der Waals surface area contributed by atoms with E-state index in [-0.39, 0.29) is 11.6 Å². The van der Waals surface area contributed by atoms with Crippen LogP contribution in [0.4, 0.5) is 11.4 Å². The van der Waals surface area contributed by atoms with Gasteiger partial charge < -0.3 is 9.80 Å². The fourth-order valence-electron chi connectivity index (χ4n) is 3.11. The van der Waals surface area contributed by atoms with Crippen LogP contribution < -0.4 is 4.90 Å². The number of hydrogen-bond acceptors (Lipinski definition) is 4. The van der Waals surface area contributed by atoms with E-state index in [0.717, 1.165) is 18.8 Å². The molecule has 0 N–H and O–H groups in total. The number of hydrogen-bond donors (Lipinski definition) is 0. The van der Waals surface area contributed by atoms with Crippen LogP contribution in [0.2, 0.25) is 0 Å². The summed E-state index contributed by atoms with van der Waals surface area (Å²) in [7, 11) is 0. The quantitative estimate of drug-likeness (QED) is 0.636. The van der Waals surface area contributed by atoms with Crippen LogP contribution in [0.3, 0.4) is 0 Å². The summed E-state index contributed by atoms with van der Waals surface area (Å²) in [4.78, 5) is 27.3. The van der Waals surface area contributed by atoms with Crippen LogP contribution >= 0.6 is 0 Å². The normalized spacial score (nSPS) is 14.5. The molecule has 6 nitrogen and oxygen atoms in total. The molecule has 1 amide bonds. The molecule has 1 aliphatic rings. The summed E-state index contributed by atoms with van der Waals surface area (Å²) in [6.45, 7) is 6.45. The maximum atomic E-state index is 12.7. The number of amides is 1. The van der Waals surface area contributed by atoms with E-state index in [4.69, 9.17) is 0 Å². The lowest BCUT2D eigenvalue weighted by molar-refractivity contribution is -0.385. The van der Waals surface area contributed by atoms with Gasteiger partial charge in [-0.15, -0.1) is 0 Å². The Morgan fingerprint density at radius 3 is 2.40 bits per heavy atom. The van der Waals surface area contributed by atoms with E-state index >= 15 is 0 Å². The third-order valence-electron chi connectivity index (χ3n) is 4.59. The lowest BCUT2D eigenvalue weighted by atomic mass is 10.1. The van der Waals surface area contributed by atoms with Gasteiger partial charge in [0.15, 0.2) is 0 Å². The fourth-order valence-corrected chi connectivity index (χ4v) is 3.11. The van der Waals surface area contributed by atoms with E-state index in [2.05, 4.69) is 30.0 Å². The Bertz CT molecular complexity index is 811. The van der Waals surface area contributed by atoms with Crippen LogP contribution in [0.5, 0.6) is 0 Å². The van der Waals surface area contributed by atoms with Gasteiger partial charge in [-0.05, 0) is 37.6 Å². The maximum absolute atomic E-state index is 12.7. The van der Waals surface area contributed by atoms with Gasteiger partial charge in [0, 0.05) is 49.1 Å². The second kappa shape index (κ2) is 6.93. The number of aryl methyl sites for hydroxylation is 2. The molecule has 1 heterocycles. The monoisotopic (exact) mass is 339 g/mol. The van der Waals surface area contributed by atoms with E-state index in [1.165, 1.54) is 11.6 Å². The first-order valence-electron chi connectivity index (χ1n) is 8.31. The zero-order chi connectivity index (χ0) is 18.0. The van der Waals surface area contributed by atoms with Crippen molar-refractivity contribution >= 4 is 17.3 Å². The zero-order valence-electron chi connectivity index (χ0n) is 14.4. The molecular weight excluding hydrogens is 318 g/mol. The topological polar surface area (TPSA) is 66.7 Å². The highest BCUT2D eigenvalue weighted by Gasteiger charge is 2.24. The number of anilines is 1. The Balaban J connectivity index is 1.69. The first-order chi connectivity index (χ1) is 12.0. The average molecular weight is 339 g/mol. The number of nitro groups is 1. The van der Waals surface area contributed by atoms with E-state index in [9.17, 15) is 14.9 Å². The molecule has 0 aliphatic carbocycles. The number of carbonyl (C=O) groups is 1. The molecule has 25 heavy (non-hydrogen) atoms. The minimum atomic E-state index is -0.443. The number of nitro benzene ring substituents is 1. The molecule has 1 saturated heterocycles. The van der Waals surface area contributed by atoms with Gasteiger partial charge in [-0.3, -0.25) is 14.9 Å². The number of piperazine rings is 1. The van der Waals surface area contributed by atoms with Crippen molar-refractivity contribution in [2.24, 2.45) is 0 Å². The fraction of sp³-hybridized carbons (Fsp3) is 0.316. The van der Waals surface area contributed by atoms with Crippen molar-refractivity contribution in [3.63, 3.8) is 0 Å². The van der Waals surface area contributed by atoms with Crippen LogP contribution in [0.15, 0.2) is 42.5 Å². The van der Waals surface area contributed by atoms with Crippen LogP contribution in [-0.2, 0) is 0 Å². The molecule has 0 spiro atoms. The largest absolute Gasteiger partial charge is 0.368 e. The SMILES string of the molecule is Cc1cccc(N2CCN(C(=O)c3ccc(C)c([N+](=O)[O-])c3)CC2)c1. The predicted molar refractivity (Wildman–Crippen MR) is 97.1 cm³/mol. The molecule has 0 unspecified atom stereocenters. The van der Waals surface area contributed by atoms with E-state index in [1.54, 1.807) is 24.0 Å². The highest BCUT2D eigenvalue weighted by atomic mass is 16.6. The first kappa shape index (κ1) is 17.0. The summed E-state index contributed by atoms with van der Waals surface area (Å²) in [6.07, 6.45) is 0. The lowest BCUT2D eigenvalue weighted by Gasteiger charge is -2.36. The molecular formula is C19H21N3O3. The van der Waals surface area contributed by atoms with Gasteiger partial charge in [0.25, 0.3) is 11.6 Å². The van der Waals surface area contributed by atoms with Crippen molar-refractivity contribution in [1.82, 2.24) is 4.90 Å². The van der Waals surface area contributed by atoms with Crippen molar-refractivity contribution in [2.75, 3.05) is 31.1 Å². The molecule has 0 bridgehead atoms. The molecule has 2 aromatic rings. The summed E-state index contributed by atoms with van der Waals surface area (Å²) in [5.74, 6) is -0.146. The minimum Gasteiger partial charge on any atom is -0.368 e. The minimum absolute atomic E-state index is 0.00996. The Morgan fingerprint density at radius 2 is 1.76 bits per heavy atom. The summed E-state index contributed by atoms with van der Waals surface area (Å²) in [6, 6.07) is 13.0. The van der Waals surface area contributed by atoms with Crippen LogP contribution in [-0.4, -0.2) is 41.9 Å². The van der Waals surface area contributed by atoms with Crippen LogP contribution in [0.25, 0.3) is 0 Å². The van der Waals surface area contributed by atoms with Gasteiger partial charge in [-0.1, -0.05) is 18.2 Å². The van der Waals surface area contributed by atoms with Crippen LogP contribution in [0.1, 0.15) is 21.5 Å². The molecule has 0 saturated carbocycles. The van der Waals surface area contributed by atoms with Crippen molar-refractivity contribution in [3.8, 4) is 0 Å². The number of rotatable bonds is 3. The van der Waals surface area contributed by atoms with Crippen molar-refractivity contribution in [3.05, 3.63) is 69.3 Å². The summed E-state index contributed by atoms with van der Waals surface area (Å²) >= 11 is 0. The molecule has 1 fully saturated rings. The molecule has 130 valence electrons. The second-order valence-corrected chi connectivity index (χ2v) is 6.38. The number of nitrogens with zero attached hydrogens (tertiary/aromatic N) is 3. The van der Waals surface area contributed by atoms with Crippen molar-refractivity contribution < 1.29 is 9.72 Å². The van der Waals surface area contributed by atoms with Crippen molar-refractivity contribution in [2.45, 2.75) is 13.8 Å². The summed E-state index contributed by atoms with van der Waals surface area (Å²) in [5, 5.41) is 11.1. The van der Waals surface area contributed by atoms with Gasteiger partial charge in [0.2, 0.25) is 0 Å². The third kappa shape index (κ3) is 3.63. The summed E-state index contributed by atoms with van der Waals surface area (Å²) < 4.78 is 0. The van der Waals surface area contributed by atoms with Gasteiger partial charge in [0.1, 0.15) is 0 Å². The van der Waals surface area contributed by atoms with Gasteiger partial charge in [0.05, 0.1) is 4.92 Å². The molecule has 2 aromatic carbocycles. The number of benzene rings is 2. The Kier molecular flexibility index (Phi) is 4.70. The molecule has 0 aromatic heterocycles. The number of carbonyl (C=O) groups excluding carboxylic acids is 1. The lowest BCUT2D eigenvalue weighted by Crippen LogP contribution is -2.48. The van der Waals surface area contributed by atoms with Gasteiger partial charge >= 0.3 is 0 Å². The molecule has 6 heteroatoms.